The fraction of sp³-hybridized carbons (Fsp3) is 0.867. The molecule has 0 aromatic heterocycles. The summed E-state index contributed by atoms with van der Waals surface area (Å²) >= 11 is 0. The normalized spacial score (nSPS) is 13.1. The van der Waals surface area contributed by atoms with E-state index < -0.39 is 0 Å². The van der Waals surface area contributed by atoms with E-state index in [-0.39, 0.29) is 12.1 Å². The molecule has 124 valence electrons. The highest BCUT2D eigenvalue weighted by Crippen LogP contribution is 2.10. The van der Waals surface area contributed by atoms with E-state index in [2.05, 4.69) is 34.2 Å². The molecule has 0 aliphatic rings. The van der Waals surface area contributed by atoms with Crippen LogP contribution in [-0.2, 0) is 14.3 Å². The SMILES string of the molecule is CCNC(=NCCC(OCC)C(C)C)NCCC(=O)OC. The van der Waals surface area contributed by atoms with Gasteiger partial charge in [0.1, 0.15) is 0 Å². The Morgan fingerprint density at radius 3 is 2.48 bits per heavy atom. The van der Waals surface area contributed by atoms with Gasteiger partial charge in [-0.15, -0.1) is 0 Å². The molecule has 0 rings (SSSR count). The van der Waals surface area contributed by atoms with Crippen LogP contribution in [0.5, 0.6) is 0 Å². The Morgan fingerprint density at radius 1 is 1.24 bits per heavy atom. The van der Waals surface area contributed by atoms with Gasteiger partial charge in [-0.25, -0.2) is 0 Å². The van der Waals surface area contributed by atoms with Gasteiger partial charge in [-0.2, -0.15) is 0 Å². The quantitative estimate of drug-likeness (QED) is 0.364. The maximum Gasteiger partial charge on any atom is 0.307 e. The largest absolute Gasteiger partial charge is 0.469 e. The van der Waals surface area contributed by atoms with Crippen LogP contribution in [0.2, 0.25) is 0 Å². The van der Waals surface area contributed by atoms with E-state index in [1.807, 2.05) is 13.8 Å². The first-order valence-electron chi connectivity index (χ1n) is 7.75. The topological polar surface area (TPSA) is 72.0 Å². The summed E-state index contributed by atoms with van der Waals surface area (Å²) in [6, 6.07) is 0. The van der Waals surface area contributed by atoms with Crippen LogP contribution in [0.3, 0.4) is 0 Å². The summed E-state index contributed by atoms with van der Waals surface area (Å²) in [6.07, 6.45) is 1.45. The molecule has 0 aromatic carbocycles. The second-order valence-electron chi connectivity index (χ2n) is 5.04. The van der Waals surface area contributed by atoms with Gasteiger partial charge in [-0.05, 0) is 26.2 Å². The number of ether oxygens (including phenoxy) is 2. The summed E-state index contributed by atoms with van der Waals surface area (Å²) in [5, 5.41) is 6.27. The van der Waals surface area contributed by atoms with Crippen molar-refractivity contribution in [3.8, 4) is 0 Å². The number of nitrogens with one attached hydrogen (secondary N) is 2. The fourth-order valence-corrected chi connectivity index (χ4v) is 1.85. The summed E-state index contributed by atoms with van der Waals surface area (Å²) in [4.78, 5) is 15.6. The van der Waals surface area contributed by atoms with Crippen LogP contribution >= 0.6 is 0 Å². The lowest BCUT2D eigenvalue weighted by Gasteiger charge is -2.20. The average molecular weight is 301 g/mol. The Morgan fingerprint density at radius 2 is 1.95 bits per heavy atom. The maximum atomic E-state index is 11.1. The number of carbonyl (C=O) groups is 1. The van der Waals surface area contributed by atoms with E-state index in [9.17, 15) is 4.79 Å². The smallest absolute Gasteiger partial charge is 0.307 e. The van der Waals surface area contributed by atoms with Crippen LogP contribution in [0.25, 0.3) is 0 Å². The third-order valence-electron chi connectivity index (χ3n) is 3.00. The Bertz CT molecular complexity index is 307. The fourth-order valence-electron chi connectivity index (χ4n) is 1.85. The summed E-state index contributed by atoms with van der Waals surface area (Å²) in [7, 11) is 1.39. The number of carbonyl (C=O) groups excluding carboxylic acids is 1. The molecule has 0 aliphatic heterocycles. The number of hydrogen-bond donors (Lipinski definition) is 2. The van der Waals surface area contributed by atoms with Gasteiger partial charge in [0.15, 0.2) is 5.96 Å². The molecule has 21 heavy (non-hydrogen) atoms. The molecule has 6 heteroatoms. The van der Waals surface area contributed by atoms with Gasteiger partial charge in [0, 0.05) is 26.2 Å². The van der Waals surface area contributed by atoms with Gasteiger partial charge in [0.2, 0.25) is 0 Å². The first-order valence-corrected chi connectivity index (χ1v) is 7.75. The van der Waals surface area contributed by atoms with Crippen LogP contribution in [0.1, 0.15) is 40.5 Å². The standard InChI is InChI=1S/C15H31N3O3/c1-6-16-15(18-11-9-14(19)20-5)17-10-8-13(12(3)4)21-7-2/h12-13H,6-11H2,1-5H3,(H2,16,17,18). The molecule has 6 nitrogen and oxygen atoms in total. The monoisotopic (exact) mass is 301 g/mol. The van der Waals surface area contributed by atoms with Crippen molar-refractivity contribution in [1.82, 2.24) is 10.6 Å². The number of rotatable bonds is 10. The second kappa shape index (κ2) is 12.4. The molecule has 0 radical (unpaired) electrons. The first-order chi connectivity index (χ1) is 10.0. The van der Waals surface area contributed by atoms with Crippen molar-refractivity contribution < 1.29 is 14.3 Å². The minimum absolute atomic E-state index is 0.227. The molecule has 0 amide bonds. The Kier molecular flexibility index (Phi) is 11.7. The van der Waals surface area contributed by atoms with Gasteiger partial charge < -0.3 is 20.1 Å². The van der Waals surface area contributed by atoms with E-state index in [1.165, 1.54) is 7.11 Å². The zero-order valence-corrected chi connectivity index (χ0v) is 14.1. The van der Waals surface area contributed by atoms with Crippen molar-refractivity contribution in [3.63, 3.8) is 0 Å². The van der Waals surface area contributed by atoms with E-state index in [1.54, 1.807) is 0 Å². The summed E-state index contributed by atoms with van der Waals surface area (Å²) in [6.45, 7) is 11.0. The van der Waals surface area contributed by atoms with Gasteiger partial charge in [-0.1, -0.05) is 13.8 Å². The van der Waals surface area contributed by atoms with E-state index in [4.69, 9.17) is 4.74 Å². The van der Waals surface area contributed by atoms with Crippen molar-refractivity contribution in [2.45, 2.75) is 46.6 Å². The highest BCUT2D eigenvalue weighted by Gasteiger charge is 2.12. The zero-order chi connectivity index (χ0) is 16.1. The van der Waals surface area contributed by atoms with Gasteiger partial charge in [0.25, 0.3) is 0 Å². The van der Waals surface area contributed by atoms with E-state index in [0.717, 1.165) is 25.5 Å². The van der Waals surface area contributed by atoms with E-state index >= 15 is 0 Å². The zero-order valence-electron chi connectivity index (χ0n) is 14.1. The molecule has 2 N–H and O–H groups in total. The molecule has 0 aliphatic carbocycles. The van der Waals surface area contributed by atoms with Crippen LogP contribution in [-0.4, -0.2) is 51.4 Å². The lowest BCUT2D eigenvalue weighted by Crippen LogP contribution is -2.38. The van der Waals surface area contributed by atoms with Crippen LogP contribution < -0.4 is 10.6 Å². The molecule has 0 aromatic rings. The lowest BCUT2D eigenvalue weighted by molar-refractivity contribution is -0.140. The molecule has 0 saturated heterocycles. The number of hydrogen-bond acceptors (Lipinski definition) is 4. The number of nitrogens with zero attached hydrogens (tertiary/aromatic N) is 1. The van der Waals surface area contributed by atoms with Crippen LogP contribution in [0.15, 0.2) is 4.99 Å². The molecule has 0 bridgehead atoms. The van der Waals surface area contributed by atoms with Crippen molar-refractivity contribution >= 4 is 11.9 Å². The van der Waals surface area contributed by atoms with Gasteiger partial charge in [-0.3, -0.25) is 9.79 Å². The third-order valence-corrected chi connectivity index (χ3v) is 3.00. The molecule has 1 unspecified atom stereocenters. The highest BCUT2D eigenvalue weighted by molar-refractivity contribution is 5.80. The molecular formula is C15H31N3O3. The Hall–Kier alpha value is -1.30. The van der Waals surface area contributed by atoms with Crippen LogP contribution in [0.4, 0.5) is 0 Å². The first kappa shape index (κ1) is 19.7. The van der Waals surface area contributed by atoms with Gasteiger partial charge in [0.05, 0.1) is 19.6 Å². The highest BCUT2D eigenvalue weighted by atomic mass is 16.5. The molecule has 0 heterocycles. The van der Waals surface area contributed by atoms with Crippen molar-refractivity contribution in [2.24, 2.45) is 10.9 Å². The van der Waals surface area contributed by atoms with Crippen molar-refractivity contribution in [2.75, 3.05) is 33.4 Å². The third kappa shape index (κ3) is 10.1. The number of guanidine groups is 1. The average Bonchev–Trinajstić information content (AvgIpc) is 2.45. The van der Waals surface area contributed by atoms with Crippen molar-refractivity contribution in [3.05, 3.63) is 0 Å². The molecular weight excluding hydrogens is 270 g/mol. The predicted octanol–water partition coefficient (Wildman–Crippen LogP) is 1.56. The number of aliphatic imine (C=N–C) groups is 1. The van der Waals surface area contributed by atoms with Crippen molar-refractivity contribution in [1.29, 1.82) is 0 Å². The number of methoxy groups -OCH3 is 1. The number of esters is 1. The Balaban J connectivity index is 4.21. The Labute approximate surface area is 128 Å². The van der Waals surface area contributed by atoms with Gasteiger partial charge >= 0.3 is 5.97 Å². The summed E-state index contributed by atoms with van der Waals surface area (Å²) < 4.78 is 10.3. The minimum atomic E-state index is -0.227. The maximum absolute atomic E-state index is 11.1. The molecule has 0 saturated carbocycles. The second-order valence-corrected chi connectivity index (χ2v) is 5.04. The summed E-state index contributed by atoms with van der Waals surface area (Å²) in [5.74, 6) is 0.977. The summed E-state index contributed by atoms with van der Waals surface area (Å²) in [5.41, 5.74) is 0. The minimum Gasteiger partial charge on any atom is -0.469 e. The van der Waals surface area contributed by atoms with E-state index in [0.29, 0.717) is 25.4 Å². The van der Waals surface area contributed by atoms with Crippen LogP contribution in [0, 0.1) is 5.92 Å². The molecule has 1 atom stereocenters. The molecule has 0 fully saturated rings. The predicted molar refractivity (Wildman–Crippen MR) is 85.5 cm³/mol. The lowest BCUT2D eigenvalue weighted by atomic mass is 10.0. The molecule has 0 spiro atoms.